The van der Waals surface area contributed by atoms with Gasteiger partial charge in [-0.2, -0.15) is 5.10 Å². The number of hydrogen-bond acceptors (Lipinski definition) is 3. The first-order valence-electron chi connectivity index (χ1n) is 5.05. The molecule has 0 atom stereocenters. The van der Waals surface area contributed by atoms with Crippen LogP contribution in [-0.2, 0) is 13.1 Å². The molecule has 2 aromatic rings. The van der Waals surface area contributed by atoms with Crippen molar-refractivity contribution in [3.8, 4) is 0 Å². The van der Waals surface area contributed by atoms with Gasteiger partial charge < -0.3 is 5.32 Å². The Morgan fingerprint density at radius 2 is 2.25 bits per heavy atom. The first-order valence-corrected chi connectivity index (χ1v) is 5.05. The number of rotatable bonds is 4. The summed E-state index contributed by atoms with van der Waals surface area (Å²) in [7, 11) is 0. The van der Waals surface area contributed by atoms with Gasteiger partial charge in [-0.3, -0.25) is 5.10 Å². The Morgan fingerprint density at radius 3 is 3.00 bits per heavy atom. The summed E-state index contributed by atoms with van der Waals surface area (Å²) in [4.78, 5) is 3.96. The van der Waals surface area contributed by atoms with E-state index in [1.165, 1.54) is 12.4 Å². The van der Waals surface area contributed by atoms with E-state index in [-0.39, 0.29) is 5.82 Å². The zero-order chi connectivity index (χ0) is 11.4. The molecule has 0 aliphatic heterocycles. The zero-order valence-corrected chi connectivity index (χ0v) is 9.00. The van der Waals surface area contributed by atoms with Crippen LogP contribution in [0.1, 0.15) is 17.0 Å². The van der Waals surface area contributed by atoms with E-state index >= 15 is 0 Å². The Balaban J connectivity index is 1.92. The number of benzene rings is 1. The Kier molecular flexibility index (Phi) is 3.26. The predicted octanol–water partition coefficient (Wildman–Crippen LogP) is 1.54. The van der Waals surface area contributed by atoms with Crippen LogP contribution in [0.15, 0.2) is 24.5 Å². The second-order valence-corrected chi connectivity index (χ2v) is 3.63. The van der Waals surface area contributed by atoms with Crippen LogP contribution in [0.3, 0.4) is 0 Å². The third-order valence-electron chi connectivity index (χ3n) is 2.27. The zero-order valence-electron chi connectivity index (χ0n) is 9.00. The molecule has 0 fully saturated rings. The Hall–Kier alpha value is -1.75. The minimum Gasteiger partial charge on any atom is -0.306 e. The lowest BCUT2D eigenvalue weighted by Gasteiger charge is -2.05. The van der Waals surface area contributed by atoms with Crippen molar-refractivity contribution in [1.29, 1.82) is 0 Å². The van der Waals surface area contributed by atoms with Crippen LogP contribution in [0.5, 0.6) is 0 Å². The molecule has 84 valence electrons. The minimum atomic E-state index is -0.185. The molecule has 0 spiro atoms. The summed E-state index contributed by atoms with van der Waals surface area (Å²) in [5, 5.41) is 9.56. The van der Waals surface area contributed by atoms with Crippen LogP contribution in [0.4, 0.5) is 4.39 Å². The average molecular weight is 220 g/mol. The van der Waals surface area contributed by atoms with Gasteiger partial charge in [0.05, 0.1) is 6.54 Å². The molecule has 0 unspecified atom stereocenters. The summed E-state index contributed by atoms with van der Waals surface area (Å²) >= 11 is 0. The van der Waals surface area contributed by atoms with Gasteiger partial charge in [0.1, 0.15) is 18.0 Å². The molecule has 2 rings (SSSR count). The number of nitrogens with one attached hydrogen (secondary N) is 2. The van der Waals surface area contributed by atoms with Crippen molar-refractivity contribution in [3.63, 3.8) is 0 Å². The van der Waals surface area contributed by atoms with Gasteiger partial charge in [0.25, 0.3) is 0 Å². The van der Waals surface area contributed by atoms with Gasteiger partial charge in [-0.1, -0.05) is 17.7 Å². The molecule has 0 saturated carbocycles. The van der Waals surface area contributed by atoms with Crippen molar-refractivity contribution in [2.24, 2.45) is 0 Å². The number of aromatic nitrogens is 3. The lowest BCUT2D eigenvalue weighted by Crippen LogP contribution is -2.14. The van der Waals surface area contributed by atoms with Crippen molar-refractivity contribution in [1.82, 2.24) is 20.5 Å². The van der Waals surface area contributed by atoms with Crippen molar-refractivity contribution in [2.45, 2.75) is 20.0 Å². The SMILES string of the molecule is Cc1ccc(F)c(CNCc2ncn[nH]2)c1. The number of aryl methyl sites for hydroxylation is 1. The van der Waals surface area contributed by atoms with E-state index in [2.05, 4.69) is 20.5 Å². The highest BCUT2D eigenvalue weighted by Crippen LogP contribution is 2.09. The monoisotopic (exact) mass is 220 g/mol. The fourth-order valence-electron chi connectivity index (χ4n) is 1.47. The number of halogens is 1. The van der Waals surface area contributed by atoms with Crippen LogP contribution in [0.25, 0.3) is 0 Å². The summed E-state index contributed by atoms with van der Waals surface area (Å²) in [6, 6.07) is 5.08. The maximum absolute atomic E-state index is 13.4. The lowest BCUT2D eigenvalue weighted by molar-refractivity contribution is 0.582. The molecule has 16 heavy (non-hydrogen) atoms. The molecule has 1 aromatic carbocycles. The van der Waals surface area contributed by atoms with Gasteiger partial charge in [0.15, 0.2) is 0 Å². The third kappa shape index (κ3) is 2.64. The van der Waals surface area contributed by atoms with Crippen LogP contribution >= 0.6 is 0 Å². The lowest BCUT2D eigenvalue weighted by atomic mass is 10.1. The van der Waals surface area contributed by atoms with Gasteiger partial charge in [-0.05, 0) is 13.0 Å². The Morgan fingerprint density at radius 1 is 1.38 bits per heavy atom. The Labute approximate surface area is 92.9 Å². The molecule has 4 nitrogen and oxygen atoms in total. The smallest absolute Gasteiger partial charge is 0.138 e. The quantitative estimate of drug-likeness (QED) is 0.821. The van der Waals surface area contributed by atoms with E-state index < -0.39 is 0 Å². The summed E-state index contributed by atoms with van der Waals surface area (Å²) in [5.74, 6) is 0.559. The topological polar surface area (TPSA) is 53.6 Å². The molecule has 5 heteroatoms. The predicted molar refractivity (Wildman–Crippen MR) is 58.1 cm³/mol. The molecular weight excluding hydrogens is 207 g/mol. The van der Waals surface area contributed by atoms with Crippen molar-refractivity contribution >= 4 is 0 Å². The van der Waals surface area contributed by atoms with Crippen molar-refractivity contribution < 1.29 is 4.39 Å². The second-order valence-electron chi connectivity index (χ2n) is 3.63. The van der Waals surface area contributed by atoms with E-state index in [0.29, 0.717) is 18.7 Å². The van der Waals surface area contributed by atoms with E-state index in [1.807, 2.05) is 13.0 Å². The Bertz CT molecular complexity index is 453. The van der Waals surface area contributed by atoms with Gasteiger partial charge in [-0.15, -0.1) is 0 Å². The van der Waals surface area contributed by atoms with Crippen molar-refractivity contribution in [3.05, 3.63) is 47.3 Å². The molecule has 0 amide bonds. The number of aromatic amines is 1. The van der Waals surface area contributed by atoms with E-state index in [9.17, 15) is 4.39 Å². The van der Waals surface area contributed by atoms with E-state index in [4.69, 9.17) is 0 Å². The van der Waals surface area contributed by atoms with Gasteiger partial charge in [-0.25, -0.2) is 9.37 Å². The van der Waals surface area contributed by atoms with E-state index in [1.54, 1.807) is 6.07 Å². The molecule has 1 heterocycles. The summed E-state index contributed by atoms with van der Waals surface area (Å²) < 4.78 is 13.4. The molecule has 0 bridgehead atoms. The molecule has 0 radical (unpaired) electrons. The second kappa shape index (κ2) is 4.85. The molecule has 1 aromatic heterocycles. The van der Waals surface area contributed by atoms with Crippen LogP contribution in [-0.4, -0.2) is 15.2 Å². The first kappa shape index (κ1) is 10.8. The number of nitrogens with zero attached hydrogens (tertiary/aromatic N) is 2. The van der Waals surface area contributed by atoms with Crippen LogP contribution < -0.4 is 5.32 Å². The molecular formula is C11H13FN4. The van der Waals surface area contributed by atoms with Crippen LogP contribution in [0.2, 0.25) is 0 Å². The largest absolute Gasteiger partial charge is 0.306 e. The molecule has 2 N–H and O–H groups in total. The fourth-order valence-corrected chi connectivity index (χ4v) is 1.47. The third-order valence-corrected chi connectivity index (χ3v) is 2.27. The van der Waals surface area contributed by atoms with Gasteiger partial charge in [0, 0.05) is 12.1 Å². The standard InChI is InChI=1S/C11H13FN4/c1-8-2-3-10(12)9(4-8)5-13-6-11-14-7-15-16-11/h2-4,7,13H,5-6H2,1H3,(H,14,15,16). The fraction of sp³-hybridized carbons (Fsp3) is 0.273. The summed E-state index contributed by atoms with van der Waals surface area (Å²) in [6.45, 7) is 2.97. The molecule has 0 saturated heterocycles. The highest BCUT2D eigenvalue weighted by atomic mass is 19.1. The molecule has 0 aliphatic rings. The summed E-state index contributed by atoms with van der Waals surface area (Å²) in [5.41, 5.74) is 1.72. The average Bonchev–Trinajstić information content (AvgIpc) is 2.76. The maximum Gasteiger partial charge on any atom is 0.138 e. The highest BCUT2D eigenvalue weighted by Gasteiger charge is 2.02. The maximum atomic E-state index is 13.4. The first-order chi connectivity index (χ1) is 7.75. The highest BCUT2D eigenvalue weighted by molar-refractivity contribution is 5.23. The molecule has 0 aliphatic carbocycles. The van der Waals surface area contributed by atoms with Gasteiger partial charge >= 0.3 is 0 Å². The number of hydrogen-bond donors (Lipinski definition) is 2. The minimum absolute atomic E-state index is 0.185. The summed E-state index contributed by atoms with van der Waals surface area (Å²) in [6.07, 6.45) is 1.45. The van der Waals surface area contributed by atoms with E-state index in [0.717, 1.165) is 11.4 Å². The van der Waals surface area contributed by atoms with Gasteiger partial charge in [0.2, 0.25) is 0 Å². The normalized spacial score (nSPS) is 10.6. The number of H-pyrrole nitrogens is 1. The van der Waals surface area contributed by atoms with Crippen molar-refractivity contribution in [2.75, 3.05) is 0 Å². The van der Waals surface area contributed by atoms with Crippen LogP contribution in [0, 0.1) is 12.7 Å².